The van der Waals surface area contributed by atoms with Crippen molar-refractivity contribution >= 4 is 37.3 Å². The van der Waals surface area contributed by atoms with Crippen LogP contribution < -0.4 is 19.1 Å². The van der Waals surface area contributed by atoms with Crippen LogP contribution in [-0.2, 0) is 24.8 Å². The summed E-state index contributed by atoms with van der Waals surface area (Å²) in [7, 11) is -4.40. The van der Waals surface area contributed by atoms with E-state index >= 15 is 0 Å². The highest BCUT2D eigenvalue weighted by molar-refractivity contribution is 7.92. The van der Waals surface area contributed by atoms with Crippen LogP contribution in [0.25, 0.3) is 0 Å². The third kappa shape index (κ3) is 6.89. The fourth-order valence-electron chi connectivity index (χ4n) is 4.04. The Morgan fingerprint density at radius 2 is 1.64 bits per heavy atom. The number of carbonyl (C=O) groups is 1. The molecule has 1 aliphatic heterocycles. The molecule has 0 radical (unpaired) electrons. The minimum atomic E-state index is -3.77. The number of nitrogens with zero attached hydrogens (tertiary/aromatic N) is 2. The standard InChI is InChI=1S/C24H33N3O7S2/c1-33-21-12-10-20(11-13-21)27(35(3,29)30)17-7-8-24(28)25-19-9-14-22(34-2)23(18-19)36(31,32)26-15-5-4-6-16-26/h9-14,18H,4-8,15-17H2,1-3H3,(H,25,28). The second-order valence-corrected chi connectivity index (χ2v) is 12.3. The molecule has 0 aliphatic carbocycles. The molecule has 198 valence electrons. The van der Waals surface area contributed by atoms with Gasteiger partial charge in [-0.3, -0.25) is 9.10 Å². The van der Waals surface area contributed by atoms with Crippen molar-refractivity contribution in [3.8, 4) is 11.5 Å². The van der Waals surface area contributed by atoms with Crippen LogP contribution >= 0.6 is 0 Å². The van der Waals surface area contributed by atoms with Gasteiger partial charge in [-0.1, -0.05) is 6.42 Å². The monoisotopic (exact) mass is 539 g/mol. The average Bonchev–Trinajstić information content (AvgIpc) is 2.86. The Hall–Kier alpha value is -2.83. The Kier molecular flexibility index (Phi) is 9.20. The highest BCUT2D eigenvalue weighted by atomic mass is 32.2. The van der Waals surface area contributed by atoms with Gasteiger partial charge in [-0.25, -0.2) is 16.8 Å². The number of benzene rings is 2. The molecular weight excluding hydrogens is 506 g/mol. The van der Waals surface area contributed by atoms with Gasteiger partial charge < -0.3 is 14.8 Å². The zero-order valence-corrected chi connectivity index (χ0v) is 22.4. The van der Waals surface area contributed by atoms with Gasteiger partial charge in [0, 0.05) is 31.7 Å². The van der Waals surface area contributed by atoms with Gasteiger partial charge in [0.15, 0.2) is 0 Å². The third-order valence-electron chi connectivity index (χ3n) is 5.91. The van der Waals surface area contributed by atoms with E-state index in [0.29, 0.717) is 30.2 Å². The summed E-state index contributed by atoms with van der Waals surface area (Å²) in [5.41, 5.74) is 0.799. The maximum atomic E-state index is 13.2. The average molecular weight is 540 g/mol. The molecule has 1 aliphatic rings. The molecular formula is C24H33N3O7S2. The summed E-state index contributed by atoms with van der Waals surface area (Å²) in [5.74, 6) is 0.458. The van der Waals surface area contributed by atoms with E-state index in [9.17, 15) is 21.6 Å². The number of methoxy groups -OCH3 is 2. The van der Waals surface area contributed by atoms with Crippen LogP contribution in [-0.4, -0.2) is 67.2 Å². The van der Waals surface area contributed by atoms with Crippen molar-refractivity contribution in [3.05, 3.63) is 42.5 Å². The van der Waals surface area contributed by atoms with Crippen molar-refractivity contribution in [1.82, 2.24) is 4.31 Å². The third-order valence-corrected chi connectivity index (χ3v) is 9.02. The van der Waals surface area contributed by atoms with Crippen LogP contribution in [0.15, 0.2) is 47.4 Å². The minimum absolute atomic E-state index is 0.00690. The van der Waals surface area contributed by atoms with Gasteiger partial charge >= 0.3 is 0 Å². The summed E-state index contributed by atoms with van der Waals surface area (Å²) in [6, 6.07) is 11.1. The number of piperidine rings is 1. The van der Waals surface area contributed by atoms with Crippen LogP contribution in [0, 0.1) is 0 Å². The molecule has 0 saturated carbocycles. The summed E-state index contributed by atoms with van der Waals surface area (Å²) in [5, 5.41) is 2.71. The van der Waals surface area contributed by atoms with Crippen LogP contribution in [0.4, 0.5) is 11.4 Å². The number of nitrogens with one attached hydrogen (secondary N) is 1. The van der Waals surface area contributed by atoms with Gasteiger partial charge in [0.2, 0.25) is 26.0 Å². The molecule has 0 bridgehead atoms. The molecule has 0 unspecified atom stereocenters. The number of rotatable bonds is 11. The van der Waals surface area contributed by atoms with E-state index < -0.39 is 20.0 Å². The van der Waals surface area contributed by atoms with E-state index in [2.05, 4.69) is 5.32 Å². The molecule has 0 spiro atoms. The van der Waals surface area contributed by atoms with E-state index in [1.54, 1.807) is 30.3 Å². The van der Waals surface area contributed by atoms with E-state index in [-0.39, 0.29) is 35.9 Å². The quantitative estimate of drug-likeness (QED) is 0.466. The molecule has 10 nitrogen and oxygen atoms in total. The Bertz CT molecular complexity index is 1260. The van der Waals surface area contributed by atoms with Crippen molar-refractivity contribution in [1.29, 1.82) is 0 Å². The molecule has 36 heavy (non-hydrogen) atoms. The van der Waals surface area contributed by atoms with Gasteiger partial charge in [0.05, 0.1) is 26.2 Å². The normalized spacial score (nSPS) is 14.8. The van der Waals surface area contributed by atoms with E-state index in [1.165, 1.54) is 35.0 Å². The van der Waals surface area contributed by atoms with Crippen LogP contribution in [0.3, 0.4) is 0 Å². The first-order valence-corrected chi connectivity index (χ1v) is 14.9. The zero-order chi connectivity index (χ0) is 26.3. The van der Waals surface area contributed by atoms with Crippen LogP contribution in [0.5, 0.6) is 11.5 Å². The number of ether oxygens (including phenoxy) is 2. The molecule has 1 amide bonds. The molecule has 12 heteroatoms. The number of hydrogen-bond donors (Lipinski definition) is 1. The van der Waals surface area contributed by atoms with Crippen LogP contribution in [0.1, 0.15) is 32.1 Å². The highest BCUT2D eigenvalue weighted by Crippen LogP contribution is 2.31. The van der Waals surface area contributed by atoms with Gasteiger partial charge in [-0.2, -0.15) is 4.31 Å². The Morgan fingerprint density at radius 1 is 0.972 bits per heavy atom. The molecule has 2 aromatic carbocycles. The van der Waals surface area contributed by atoms with Gasteiger partial charge in [0.1, 0.15) is 16.4 Å². The van der Waals surface area contributed by atoms with E-state index in [1.807, 2.05) is 0 Å². The Morgan fingerprint density at radius 3 is 2.22 bits per heavy atom. The zero-order valence-electron chi connectivity index (χ0n) is 20.8. The molecule has 3 rings (SSSR count). The van der Waals surface area contributed by atoms with Gasteiger partial charge in [-0.15, -0.1) is 0 Å². The topological polar surface area (TPSA) is 122 Å². The molecule has 1 heterocycles. The lowest BCUT2D eigenvalue weighted by molar-refractivity contribution is -0.116. The number of anilines is 2. The molecule has 0 atom stereocenters. The summed E-state index contributed by atoms with van der Waals surface area (Å²) in [4.78, 5) is 12.6. The van der Waals surface area contributed by atoms with Crippen molar-refractivity contribution < 1.29 is 31.1 Å². The highest BCUT2D eigenvalue weighted by Gasteiger charge is 2.29. The van der Waals surface area contributed by atoms with Crippen molar-refractivity contribution in [3.63, 3.8) is 0 Å². The summed E-state index contributed by atoms with van der Waals surface area (Å²) in [6.45, 7) is 1.01. The maximum absolute atomic E-state index is 13.2. The smallest absolute Gasteiger partial charge is 0.246 e. The predicted molar refractivity (Wildman–Crippen MR) is 139 cm³/mol. The second kappa shape index (κ2) is 11.9. The Labute approximate surface area is 213 Å². The molecule has 1 fully saturated rings. The maximum Gasteiger partial charge on any atom is 0.246 e. The fraction of sp³-hybridized carbons (Fsp3) is 0.458. The first-order chi connectivity index (χ1) is 17.1. The van der Waals surface area contributed by atoms with E-state index in [4.69, 9.17) is 9.47 Å². The Balaban J connectivity index is 1.67. The van der Waals surface area contributed by atoms with Crippen molar-refractivity contribution in [2.45, 2.75) is 37.0 Å². The lowest BCUT2D eigenvalue weighted by Crippen LogP contribution is -2.35. The first-order valence-electron chi connectivity index (χ1n) is 11.7. The molecule has 2 aromatic rings. The molecule has 0 aromatic heterocycles. The largest absolute Gasteiger partial charge is 0.497 e. The van der Waals surface area contributed by atoms with Gasteiger partial charge in [-0.05, 0) is 61.7 Å². The lowest BCUT2D eigenvalue weighted by Gasteiger charge is -2.26. The predicted octanol–water partition coefficient (Wildman–Crippen LogP) is 3.06. The number of amides is 1. The SMILES string of the molecule is COc1ccc(N(CCCC(=O)Nc2ccc(OC)c(S(=O)(=O)N3CCCCC3)c2)S(C)(=O)=O)cc1. The lowest BCUT2D eigenvalue weighted by atomic mass is 10.2. The fourth-order valence-corrected chi connectivity index (χ4v) is 6.71. The summed E-state index contributed by atoms with van der Waals surface area (Å²) >= 11 is 0. The van der Waals surface area contributed by atoms with Crippen LogP contribution in [0.2, 0.25) is 0 Å². The summed E-state index contributed by atoms with van der Waals surface area (Å²) in [6.07, 6.45) is 4.02. The first kappa shape index (κ1) is 27.8. The number of carbonyl (C=O) groups excluding carboxylic acids is 1. The van der Waals surface area contributed by atoms with Crippen molar-refractivity contribution in [2.24, 2.45) is 0 Å². The summed E-state index contributed by atoms with van der Waals surface area (Å²) < 4.78 is 64.0. The van der Waals surface area contributed by atoms with Crippen molar-refractivity contribution in [2.75, 3.05) is 49.7 Å². The second-order valence-electron chi connectivity index (χ2n) is 8.52. The number of sulfonamides is 2. The van der Waals surface area contributed by atoms with Gasteiger partial charge in [0.25, 0.3) is 0 Å². The van der Waals surface area contributed by atoms with E-state index in [0.717, 1.165) is 25.5 Å². The number of hydrogen-bond acceptors (Lipinski definition) is 7. The molecule has 1 N–H and O–H groups in total. The minimum Gasteiger partial charge on any atom is -0.497 e. The molecule has 1 saturated heterocycles.